The Hall–Kier alpha value is -2.60. The average Bonchev–Trinajstić information content (AvgIpc) is 3.06. The van der Waals surface area contributed by atoms with Crippen LogP contribution in [0.5, 0.6) is 11.5 Å². The summed E-state index contributed by atoms with van der Waals surface area (Å²) in [4.78, 5) is 16.9. The number of benzene rings is 2. The second-order valence-electron chi connectivity index (χ2n) is 7.62. The van der Waals surface area contributed by atoms with Crippen LogP contribution in [-0.4, -0.2) is 24.6 Å². The average molecular weight is 399 g/mol. The third-order valence-electron chi connectivity index (χ3n) is 4.46. The first kappa shape index (κ1) is 20.1. The lowest BCUT2D eigenvalue weighted by atomic mass is 9.86. The number of thiazole rings is 1. The number of anilines is 1. The Labute approximate surface area is 169 Å². The summed E-state index contributed by atoms with van der Waals surface area (Å²) in [5, 5.41) is 3.42. The second kappa shape index (κ2) is 8.19. The molecule has 1 amide bonds. The molecule has 0 aliphatic carbocycles. The lowest BCUT2D eigenvalue weighted by Crippen LogP contribution is -2.22. The number of ether oxygens (including phenoxy) is 2. The lowest BCUT2D eigenvalue weighted by molar-refractivity contribution is -0.118. The zero-order chi connectivity index (χ0) is 20.3. The van der Waals surface area contributed by atoms with Crippen LogP contribution in [0.25, 0.3) is 10.2 Å². The molecule has 0 radical (unpaired) electrons. The number of aromatic nitrogens is 1. The number of methoxy groups -OCH3 is 1. The largest absolute Gasteiger partial charge is 0.497 e. The molecule has 1 aromatic heterocycles. The van der Waals surface area contributed by atoms with Crippen molar-refractivity contribution >= 4 is 32.6 Å². The molecule has 3 rings (SSSR count). The molecule has 28 heavy (non-hydrogen) atoms. The Kier molecular flexibility index (Phi) is 5.89. The highest BCUT2D eigenvalue weighted by Gasteiger charge is 2.20. The Morgan fingerprint density at radius 1 is 1.18 bits per heavy atom. The summed E-state index contributed by atoms with van der Waals surface area (Å²) in [6.45, 7) is 8.33. The van der Waals surface area contributed by atoms with Gasteiger partial charge in [0.25, 0.3) is 5.91 Å². The first-order chi connectivity index (χ1) is 13.3. The molecule has 0 spiro atoms. The van der Waals surface area contributed by atoms with Gasteiger partial charge in [-0.1, -0.05) is 45.1 Å². The summed E-state index contributed by atoms with van der Waals surface area (Å²) in [7, 11) is 1.64. The minimum Gasteiger partial charge on any atom is -0.497 e. The van der Waals surface area contributed by atoms with Crippen molar-refractivity contribution in [1.82, 2.24) is 4.98 Å². The smallest absolute Gasteiger partial charge is 0.264 e. The van der Waals surface area contributed by atoms with E-state index in [1.54, 1.807) is 7.11 Å². The SMILES string of the molecule is CCc1ccc2nc(NC(=O)COc3ccc(OC)cc3C(C)(C)C)sc2c1. The van der Waals surface area contributed by atoms with Crippen LogP contribution in [0, 0.1) is 0 Å². The predicted octanol–water partition coefficient (Wildman–Crippen LogP) is 5.18. The molecule has 0 atom stereocenters. The normalized spacial score (nSPS) is 11.5. The van der Waals surface area contributed by atoms with Crippen LogP contribution < -0.4 is 14.8 Å². The summed E-state index contributed by atoms with van der Waals surface area (Å²) in [6, 6.07) is 11.8. The molecule has 0 aliphatic rings. The van der Waals surface area contributed by atoms with E-state index in [0.717, 1.165) is 28.0 Å². The molecule has 2 aromatic carbocycles. The van der Waals surface area contributed by atoms with Gasteiger partial charge in [0.15, 0.2) is 11.7 Å². The summed E-state index contributed by atoms with van der Waals surface area (Å²) in [5.41, 5.74) is 3.01. The first-order valence-electron chi connectivity index (χ1n) is 9.31. The third-order valence-corrected chi connectivity index (χ3v) is 5.39. The Balaban J connectivity index is 1.69. The van der Waals surface area contributed by atoms with Crippen LogP contribution >= 0.6 is 11.3 Å². The van der Waals surface area contributed by atoms with E-state index < -0.39 is 0 Å². The summed E-state index contributed by atoms with van der Waals surface area (Å²) < 4.78 is 12.2. The maximum Gasteiger partial charge on any atom is 0.264 e. The van der Waals surface area contributed by atoms with E-state index in [9.17, 15) is 4.79 Å². The first-order valence-corrected chi connectivity index (χ1v) is 10.1. The summed E-state index contributed by atoms with van der Waals surface area (Å²) in [5.74, 6) is 1.22. The zero-order valence-electron chi connectivity index (χ0n) is 17.0. The minimum absolute atomic E-state index is 0.0778. The lowest BCUT2D eigenvalue weighted by Gasteiger charge is -2.23. The molecule has 0 saturated carbocycles. The van der Waals surface area contributed by atoms with Gasteiger partial charge in [0.1, 0.15) is 11.5 Å². The van der Waals surface area contributed by atoms with E-state index in [1.165, 1.54) is 16.9 Å². The van der Waals surface area contributed by atoms with Crippen LogP contribution in [0.2, 0.25) is 0 Å². The summed E-state index contributed by atoms with van der Waals surface area (Å²) >= 11 is 1.47. The Morgan fingerprint density at radius 3 is 2.64 bits per heavy atom. The molecule has 148 valence electrons. The molecule has 0 unspecified atom stereocenters. The van der Waals surface area contributed by atoms with Crippen molar-refractivity contribution < 1.29 is 14.3 Å². The van der Waals surface area contributed by atoms with Crippen molar-refractivity contribution in [2.45, 2.75) is 39.5 Å². The molecular weight excluding hydrogens is 372 g/mol. The Morgan fingerprint density at radius 2 is 1.96 bits per heavy atom. The van der Waals surface area contributed by atoms with E-state index in [2.05, 4.69) is 50.1 Å². The second-order valence-corrected chi connectivity index (χ2v) is 8.65. The fraction of sp³-hybridized carbons (Fsp3) is 0.364. The fourth-order valence-electron chi connectivity index (χ4n) is 2.89. The van der Waals surface area contributed by atoms with E-state index in [1.807, 2.05) is 24.3 Å². The van der Waals surface area contributed by atoms with Gasteiger partial charge < -0.3 is 9.47 Å². The Bertz CT molecular complexity index is 989. The third kappa shape index (κ3) is 4.62. The van der Waals surface area contributed by atoms with Gasteiger partial charge in [-0.25, -0.2) is 4.98 Å². The topological polar surface area (TPSA) is 60.5 Å². The number of hydrogen-bond donors (Lipinski definition) is 1. The van der Waals surface area contributed by atoms with E-state index in [0.29, 0.717) is 10.9 Å². The van der Waals surface area contributed by atoms with Gasteiger partial charge in [0.2, 0.25) is 0 Å². The van der Waals surface area contributed by atoms with Gasteiger partial charge >= 0.3 is 0 Å². The number of carbonyl (C=O) groups excluding carboxylic acids is 1. The van der Waals surface area contributed by atoms with Crippen molar-refractivity contribution in [3.63, 3.8) is 0 Å². The number of nitrogens with zero attached hydrogens (tertiary/aromatic N) is 1. The van der Waals surface area contributed by atoms with Gasteiger partial charge in [-0.05, 0) is 47.7 Å². The monoisotopic (exact) mass is 398 g/mol. The van der Waals surface area contributed by atoms with Gasteiger partial charge in [-0.15, -0.1) is 0 Å². The maximum absolute atomic E-state index is 12.4. The molecule has 1 heterocycles. The quantitative estimate of drug-likeness (QED) is 0.621. The van der Waals surface area contributed by atoms with Crippen LogP contribution in [0.15, 0.2) is 36.4 Å². The van der Waals surface area contributed by atoms with Crippen molar-refractivity contribution in [1.29, 1.82) is 0 Å². The van der Waals surface area contributed by atoms with Crippen LogP contribution in [0.1, 0.15) is 38.8 Å². The molecule has 0 saturated heterocycles. The van der Waals surface area contributed by atoms with Gasteiger partial charge in [0.05, 0.1) is 17.3 Å². The number of nitrogens with one attached hydrogen (secondary N) is 1. The molecule has 0 bridgehead atoms. The maximum atomic E-state index is 12.4. The minimum atomic E-state index is -0.231. The highest BCUT2D eigenvalue weighted by molar-refractivity contribution is 7.22. The van der Waals surface area contributed by atoms with Crippen molar-refractivity contribution in [2.24, 2.45) is 0 Å². The predicted molar refractivity (Wildman–Crippen MR) is 115 cm³/mol. The zero-order valence-corrected chi connectivity index (χ0v) is 17.8. The van der Waals surface area contributed by atoms with Crippen molar-refractivity contribution in [3.8, 4) is 11.5 Å². The van der Waals surface area contributed by atoms with Gasteiger partial charge in [-0.3, -0.25) is 10.1 Å². The number of carbonyl (C=O) groups is 1. The summed E-state index contributed by atoms with van der Waals surface area (Å²) in [6.07, 6.45) is 0.974. The van der Waals surface area contributed by atoms with Crippen molar-refractivity contribution in [3.05, 3.63) is 47.5 Å². The molecule has 3 aromatic rings. The van der Waals surface area contributed by atoms with Crippen molar-refractivity contribution in [2.75, 3.05) is 19.0 Å². The van der Waals surface area contributed by atoms with Gasteiger partial charge in [0, 0.05) is 5.56 Å². The molecule has 0 fully saturated rings. The number of rotatable bonds is 6. The van der Waals surface area contributed by atoms with Gasteiger partial charge in [-0.2, -0.15) is 0 Å². The fourth-order valence-corrected chi connectivity index (χ4v) is 3.83. The van der Waals surface area contributed by atoms with E-state index in [-0.39, 0.29) is 17.9 Å². The molecular formula is C22H26N2O3S. The molecule has 6 heteroatoms. The van der Waals surface area contributed by atoms with Crippen LogP contribution in [0.4, 0.5) is 5.13 Å². The molecule has 0 aliphatic heterocycles. The number of hydrogen-bond acceptors (Lipinski definition) is 5. The number of fused-ring (bicyclic) bond motifs is 1. The van der Waals surface area contributed by atoms with E-state index in [4.69, 9.17) is 9.47 Å². The van der Waals surface area contributed by atoms with Crippen LogP contribution in [-0.2, 0) is 16.6 Å². The standard InChI is InChI=1S/C22H26N2O3S/c1-6-14-7-9-17-19(11-14)28-21(23-17)24-20(25)13-27-18-10-8-15(26-5)12-16(18)22(2,3)4/h7-12H,6,13H2,1-5H3,(H,23,24,25). The highest BCUT2D eigenvalue weighted by Crippen LogP contribution is 2.34. The highest BCUT2D eigenvalue weighted by atomic mass is 32.1. The molecule has 5 nitrogen and oxygen atoms in total. The van der Waals surface area contributed by atoms with Crippen LogP contribution in [0.3, 0.4) is 0 Å². The number of amides is 1. The number of aryl methyl sites for hydroxylation is 1. The van der Waals surface area contributed by atoms with E-state index >= 15 is 0 Å². The molecule has 1 N–H and O–H groups in total.